The molecule has 24 heavy (non-hydrogen) atoms. The van der Waals surface area contributed by atoms with Crippen molar-refractivity contribution in [3.8, 4) is 5.75 Å². The number of nitrogens with zero attached hydrogens (tertiary/aromatic N) is 1. The summed E-state index contributed by atoms with van der Waals surface area (Å²) >= 11 is 0. The molecule has 0 saturated carbocycles. The minimum Gasteiger partial charge on any atom is -0.406 e. The lowest BCUT2D eigenvalue weighted by Gasteiger charge is -2.13. The Morgan fingerprint density at radius 2 is 1.79 bits per heavy atom. The Labute approximate surface area is 136 Å². The average Bonchev–Trinajstić information content (AvgIpc) is 2.50. The van der Waals surface area contributed by atoms with Crippen molar-refractivity contribution in [3.05, 3.63) is 54.4 Å². The van der Waals surface area contributed by atoms with Gasteiger partial charge in [-0.2, -0.15) is 0 Å². The molecule has 0 aliphatic heterocycles. The maximum Gasteiger partial charge on any atom is 0.573 e. The minimum atomic E-state index is -4.71. The Morgan fingerprint density at radius 1 is 1.08 bits per heavy atom. The van der Waals surface area contributed by atoms with E-state index in [-0.39, 0.29) is 5.75 Å². The molecule has 0 bridgehead atoms. The maximum atomic E-state index is 12.2. The molecule has 3 rings (SSSR count). The second-order valence-corrected chi connectivity index (χ2v) is 5.27. The number of fused-ring (bicyclic) bond motifs is 1. The summed E-state index contributed by atoms with van der Waals surface area (Å²) in [7, 11) is 0. The highest BCUT2D eigenvalue weighted by Gasteiger charge is 2.30. The topological polar surface area (TPSA) is 60.2 Å². The van der Waals surface area contributed by atoms with Crippen molar-refractivity contribution < 1.29 is 17.9 Å². The van der Waals surface area contributed by atoms with Crippen molar-refractivity contribution in [3.63, 3.8) is 0 Å². The first kappa shape index (κ1) is 15.9. The van der Waals surface area contributed by atoms with Gasteiger partial charge in [0.25, 0.3) is 0 Å². The van der Waals surface area contributed by atoms with Crippen LogP contribution < -0.4 is 15.8 Å². The normalized spacial score (nSPS) is 11.5. The fourth-order valence-corrected chi connectivity index (χ4v) is 2.36. The van der Waals surface area contributed by atoms with Gasteiger partial charge in [0.1, 0.15) is 5.75 Å². The Kier molecular flexibility index (Phi) is 3.92. The monoisotopic (exact) mass is 333 g/mol. The van der Waals surface area contributed by atoms with Crippen LogP contribution in [0.5, 0.6) is 5.75 Å². The van der Waals surface area contributed by atoms with Gasteiger partial charge >= 0.3 is 6.36 Å². The van der Waals surface area contributed by atoms with Crippen molar-refractivity contribution >= 4 is 27.8 Å². The Hall–Kier alpha value is -2.96. The Balaban J connectivity index is 1.84. The minimum absolute atomic E-state index is 0.279. The molecule has 0 radical (unpaired) electrons. The van der Waals surface area contributed by atoms with Crippen LogP contribution in [0.2, 0.25) is 0 Å². The highest BCUT2D eigenvalue weighted by Crippen LogP contribution is 2.31. The highest BCUT2D eigenvalue weighted by molar-refractivity contribution is 5.99. The molecular weight excluding hydrogens is 319 g/mol. The molecule has 0 atom stereocenters. The van der Waals surface area contributed by atoms with E-state index in [1.54, 1.807) is 6.20 Å². The third-order valence-corrected chi connectivity index (χ3v) is 3.45. The predicted octanol–water partition coefficient (Wildman–Crippen LogP) is 4.77. The first-order valence-electron chi connectivity index (χ1n) is 7.09. The van der Waals surface area contributed by atoms with Gasteiger partial charge in [0.05, 0.1) is 11.4 Å². The Bertz CT molecular complexity index is 877. The van der Waals surface area contributed by atoms with Crippen molar-refractivity contribution in [2.75, 3.05) is 11.1 Å². The molecule has 3 N–H and O–H groups in total. The van der Waals surface area contributed by atoms with E-state index >= 15 is 0 Å². The number of hydrogen-bond acceptors (Lipinski definition) is 4. The first-order chi connectivity index (χ1) is 11.3. The number of nitrogens with two attached hydrogens (primary N) is 1. The van der Waals surface area contributed by atoms with Gasteiger partial charge in [-0.25, -0.2) is 0 Å². The first-order valence-corrected chi connectivity index (χ1v) is 7.09. The number of hydrogen-bond donors (Lipinski definition) is 2. The molecule has 0 aliphatic carbocycles. The van der Waals surface area contributed by atoms with E-state index in [0.717, 1.165) is 16.5 Å². The summed E-state index contributed by atoms with van der Waals surface area (Å²) in [5.74, 6) is -0.279. The molecule has 0 spiro atoms. The second kappa shape index (κ2) is 5.92. The van der Waals surface area contributed by atoms with Crippen LogP contribution in [0.15, 0.2) is 48.7 Å². The number of nitrogens with one attached hydrogen (secondary N) is 1. The number of halogens is 3. The lowest BCUT2D eigenvalue weighted by molar-refractivity contribution is -0.274. The molecule has 2 aromatic carbocycles. The van der Waals surface area contributed by atoms with Gasteiger partial charge in [0, 0.05) is 23.0 Å². The summed E-state index contributed by atoms with van der Waals surface area (Å²) in [6.07, 6.45) is -3.01. The molecule has 1 heterocycles. The second-order valence-electron chi connectivity index (χ2n) is 5.27. The van der Waals surface area contributed by atoms with E-state index < -0.39 is 6.36 Å². The molecular formula is C17H14F3N3O. The number of nitrogen functional groups attached to an aromatic ring is 1. The highest BCUT2D eigenvalue weighted by atomic mass is 19.4. The Morgan fingerprint density at radius 3 is 2.46 bits per heavy atom. The van der Waals surface area contributed by atoms with Crippen LogP contribution in [0.3, 0.4) is 0 Å². The van der Waals surface area contributed by atoms with Gasteiger partial charge in [0.2, 0.25) is 0 Å². The van der Waals surface area contributed by atoms with Gasteiger partial charge in [0.15, 0.2) is 0 Å². The molecule has 7 heteroatoms. The largest absolute Gasteiger partial charge is 0.573 e. The fourth-order valence-electron chi connectivity index (χ4n) is 2.36. The van der Waals surface area contributed by atoms with Gasteiger partial charge in [-0.3, -0.25) is 4.98 Å². The quantitative estimate of drug-likeness (QED) is 0.678. The molecule has 3 aromatic rings. The van der Waals surface area contributed by atoms with Crippen LogP contribution in [0.25, 0.3) is 10.8 Å². The smallest absolute Gasteiger partial charge is 0.406 e. The number of rotatable bonds is 3. The zero-order chi connectivity index (χ0) is 17.3. The van der Waals surface area contributed by atoms with Crippen LogP contribution in [0.4, 0.5) is 30.2 Å². The standard InChI is InChI=1S/C17H14F3N3O/c1-10-8-11-2-7-15(16(21)14(11)9-22-10)23-12-3-5-13(6-4-12)24-17(18,19)20/h2-9,23H,21H2,1H3. The molecule has 4 nitrogen and oxygen atoms in total. The SMILES string of the molecule is Cc1cc2ccc(Nc3ccc(OC(F)(F)F)cc3)c(N)c2cn1. The van der Waals surface area contributed by atoms with Crippen LogP contribution in [-0.4, -0.2) is 11.3 Å². The van der Waals surface area contributed by atoms with E-state index in [0.29, 0.717) is 17.1 Å². The molecule has 0 aliphatic rings. The molecule has 0 fully saturated rings. The van der Waals surface area contributed by atoms with Crippen molar-refractivity contribution in [1.29, 1.82) is 0 Å². The van der Waals surface area contributed by atoms with Gasteiger partial charge < -0.3 is 15.8 Å². The van der Waals surface area contributed by atoms with Crippen LogP contribution >= 0.6 is 0 Å². The number of alkyl halides is 3. The number of pyridine rings is 1. The number of aromatic nitrogens is 1. The van der Waals surface area contributed by atoms with Crippen molar-refractivity contribution in [2.24, 2.45) is 0 Å². The average molecular weight is 333 g/mol. The van der Waals surface area contributed by atoms with E-state index in [1.165, 1.54) is 24.3 Å². The summed E-state index contributed by atoms with van der Waals surface area (Å²) in [6, 6.07) is 11.1. The van der Waals surface area contributed by atoms with Crippen LogP contribution in [0, 0.1) is 6.92 Å². The molecule has 0 saturated heterocycles. The molecule has 0 unspecified atom stereocenters. The van der Waals surface area contributed by atoms with Gasteiger partial charge in [-0.15, -0.1) is 13.2 Å². The molecule has 124 valence electrons. The zero-order valence-electron chi connectivity index (χ0n) is 12.7. The molecule has 0 amide bonds. The summed E-state index contributed by atoms with van der Waals surface area (Å²) in [5, 5.41) is 4.86. The summed E-state index contributed by atoms with van der Waals surface area (Å²) in [6.45, 7) is 1.90. The number of aryl methyl sites for hydroxylation is 1. The number of anilines is 3. The van der Waals surface area contributed by atoms with E-state index in [1.807, 2.05) is 25.1 Å². The van der Waals surface area contributed by atoms with Crippen LogP contribution in [-0.2, 0) is 0 Å². The zero-order valence-corrected chi connectivity index (χ0v) is 12.7. The van der Waals surface area contributed by atoms with Gasteiger partial charge in [-0.1, -0.05) is 6.07 Å². The number of ether oxygens (including phenoxy) is 1. The fraction of sp³-hybridized carbons (Fsp3) is 0.118. The van der Waals surface area contributed by atoms with E-state index in [9.17, 15) is 13.2 Å². The molecule has 1 aromatic heterocycles. The predicted molar refractivity (Wildman–Crippen MR) is 87.3 cm³/mol. The lowest BCUT2D eigenvalue weighted by atomic mass is 10.1. The van der Waals surface area contributed by atoms with Crippen molar-refractivity contribution in [1.82, 2.24) is 4.98 Å². The van der Waals surface area contributed by atoms with Gasteiger partial charge in [-0.05, 0) is 48.7 Å². The van der Waals surface area contributed by atoms with E-state index in [4.69, 9.17) is 5.73 Å². The van der Waals surface area contributed by atoms with E-state index in [2.05, 4.69) is 15.0 Å². The third-order valence-electron chi connectivity index (χ3n) is 3.45. The summed E-state index contributed by atoms with van der Waals surface area (Å²) < 4.78 is 40.3. The number of benzene rings is 2. The van der Waals surface area contributed by atoms with Crippen LogP contribution in [0.1, 0.15) is 5.69 Å². The lowest BCUT2D eigenvalue weighted by Crippen LogP contribution is -2.16. The maximum absolute atomic E-state index is 12.2. The third kappa shape index (κ3) is 3.51. The summed E-state index contributed by atoms with van der Waals surface area (Å²) in [5.41, 5.74) is 8.81. The summed E-state index contributed by atoms with van der Waals surface area (Å²) in [4.78, 5) is 4.23. The van der Waals surface area contributed by atoms with Crippen molar-refractivity contribution in [2.45, 2.75) is 13.3 Å².